The normalized spacial score (nSPS) is 11.1. The summed E-state index contributed by atoms with van der Waals surface area (Å²) < 4.78 is 3.92. The Morgan fingerprint density at radius 3 is 3.06 bits per heavy atom. The quantitative estimate of drug-likeness (QED) is 0.649. The first kappa shape index (κ1) is 9.15. The maximum atomic E-state index is 4.44. The molecule has 80 valence electrons. The van der Waals surface area contributed by atoms with E-state index in [2.05, 4.69) is 22.2 Å². The van der Waals surface area contributed by atoms with E-state index in [1.54, 1.807) is 6.20 Å². The Bertz CT molecular complexity index is 607. The summed E-state index contributed by atoms with van der Waals surface area (Å²) in [6, 6.07) is 6.16. The third kappa shape index (κ3) is 1.48. The van der Waals surface area contributed by atoms with Gasteiger partial charge in [0.15, 0.2) is 0 Å². The summed E-state index contributed by atoms with van der Waals surface area (Å²) in [7, 11) is 2.00. The average Bonchev–Trinajstić information content (AvgIpc) is 2.90. The molecular formula is C12H12N4. The smallest absolute Gasteiger partial charge is 0.139 e. The van der Waals surface area contributed by atoms with Gasteiger partial charge in [-0.3, -0.25) is 4.68 Å². The molecule has 0 spiro atoms. The van der Waals surface area contributed by atoms with Crippen molar-refractivity contribution < 1.29 is 0 Å². The molecule has 4 heteroatoms. The molecule has 0 saturated heterocycles. The maximum Gasteiger partial charge on any atom is 0.139 e. The number of hydrogen-bond acceptors (Lipinski definition) is 2. The molecule has 3 heterocycles. The van der Waals surface area contributed by atoms with E-state index in [0.29, 0.717) is 0 Å². The number of hydrogen-bond donors (Lipinski definition) is 0. The van der Waals surface area contributed by atoms with Crippen molar-refractivity contribution in [3.63, 3.8) is 0 Å². The van der Waals surface area contributed by atoms with E-state index in [1.165, 1.54) is 10.9 Å². The number of aromatic nitrogens is 4. The van der Waals surface area contributed by atoms with Crippen molar-refractivity contribution in [3.8, 4) is 0 Å². The lowest BCUT2D eigenvalue weighted by Crippen LogP contribution is -2.00. The van der Waals surface area contributed by atoms with Crippen LogP contribution in [0.2, 0.25) is 0 Å². The molecule has 0 unspecified atom stereocenters. The molecule has 3 rings (SSSR count). The zero-order valence-corrected chi connectivity index (χ0v) is 9.04. The molecule has 0 aliphatic heterocycles. The minimum Gasteiger partial charge on any atom is -0.336 e. The van der Waals surface area contributed by atoms with Gasteiger partial charge in [0.1, 0.15) is 5.65 Å². The van der Waals surface area contributed by atoms with Gasteiger partial charge in [-0.2, -0.15) is 5.10 Å². The van der Waals surface area contributed by atoms with Gasteiger partial charge in [-0.15, -0.1) is 0 Å². The number of pyridine rings is 1. The Kier molecular flexibility index (Phi) is 1.99. The average molecular weight is 212 g/mol. The highest BCUT2D eigenvalue weighted by Crippen LogP contribution is 2.14. The van der Waals surface area contributed by atoms with E-state index >= 15 is 0 Å². The van der Waals surface area contributed by atoms with Crippen LogP contribution < -0.4 is 0 Å². The summed E-state index contributed by atoms with van der Waals surface area (Å²) in [5, 5.41) is 5.35. The van der Waals surface area contributed by atoms with E-state index in [-0.39, 0.29) is 0 Å². The monoisotopic (exact) mass is 212 g/mol. The summed E-state index contributed by atoms with van der Waals surface area (Å²) >= 11 is 0. The third-order valence-electron chi connectivity index (χ3n) is 2.67. The molecule has 0 saturated carbocycles. The molecule has 4 nitrogen and oxygen atoms in total. The minimum absolute atomic E-state index is 0.769. The SMILES string of the molecule is Cn1ccc2cc(Cn3cccn3)cnc21. The Morgan fingerprint density at radius 1 is 1.31 bits per heavy atom. The third-order valence-corrected chi connectivity index (χ3v) is 2.67. The largest absolute Gasteiger partial charge is 0.336 e. The molecule has 0 atom stereocenters. The second-order valence-corrected chi connectivity index (χ2v) is 3.89. The van der Waals surface area contributed by atoms with E-state index in [4.69, 9.17) is 0 Å². The Balaban J connectivity index is 1.99. The molecule has 0 bridgehead atoms. The summed E-state index contributed by atoms with van der Waals surface area (Å²) in [5.74, 6) is 0. The lowest BCUT2D eigenvalue weighted by atomic mass is 10.2. The van der Waals surface area contributed by atoms with Crippen molar-refractivity contribution >= 4 is 11.0 Å². The van der Waals surface area contributed by atoms with Crippen molar-refractivity contribution in [2.75, 3.05) is 0 Å². The first-order chi connectivity index (χ1) is 7.83. The number of fused-ring (bicyclic) bond motifs is 1. The van der Waals surface area contributed by atoms with Crippen LogP contribution in [0.1, 0.15) is 5.56 Å². The minimum atomic E-state index is 0.769. The van der Waals surface area contributed by atoms with E-state index in [1.807, 2.05) is 41.0 Å². The van der Waals surface area contributed by atoms with Crippen molar-refractivity contribution in [2.24, 2.45) is 7.05 Å². The zero-order chi connectivity index (χ0) is 11.0. The fraction of sp³-hybridized carbons (Fsp3) is 0.167. The number of nitrogens with zero attached hydrogens (tertiary/aromatic N) is 4. The second kappa shape index (κ2) is 3.48. The van der Waals surface area contributed by atoms with Gasteiger partial charge >= 0.3 is 0 Å². The van der Waals surface area contributed by atoms with Crippen LogP contribution in [0.4, 0.5) is 0 Å². The van der Waals surface area contributed by atoms with Crippen LogP contribution in [0, 0.1) is 0 Å². The van der Waals surface area contributed by atoms with Gasteiger partial charge in [-0.25, -0.2) is 4.98 Å². The molecule has 0 N–H and O–H groups in total. The first-order valence-electron chi connectivity index (χ1n) is 5.20. The van der Waals surface area contributed by atoms with E-state index < -0.39 is 0 Å². The highest BCUT2D eigenvalue weighted by molar-refractivity contribution is 5.76. The predicted octanol–water partition coefficient (Wildman–Crippen LogP) is 1.82. The van der Waals surface area contributed by atoms with Crippen LogP contribution >= 0.6 is 0 Å². The molecule has 3 aromatic rings. The molecule has 0 aromatic carbocycles. The Morgan fingerprint density at radius 2 is 2.25 bits per heavy atom. The predicted molar refractivity (Wildman–Crippen MR) is 62.0 cm³/mol. The molecule has 3 aromatic heterocycles. The fourth-order valence-electron chi connectivity index (χ4n) is 1.87. The van der Waals surface area contributed by atoms with Crippen molar-refractivity contribution in [2.45, 2.75) is 6.54 Å². The van der Waals surface area contributed by atoms with Gasteiger partial charge in [0.05, 0.1) is 6.54 Å². The van der Waals surface area contributed by atoms with Crippen LogP contribution in [0.25, 0.3) is 11.0 Å². The fourth-order valence-corrected chi connectivity index (χ4v) is 1.87. The number of aryl methyl sites for hydroxylation is 1. The van der Waals surface area contributed by atoms with Crippen molar-refractivity contribution in [1.82, 2.24) is 19.3 Å². The van der Waals surface area contributed by atoms with Crippen LogP contribution in [-0.2, 0) is 13.6 Å². The summed E-state index contributed by atoms with van der Waals surface area (Å²) in [4.78, 5) is 4.44. The van der Waals surface area contributed by atoms with Gasteiger partial charge in [0.2, 0.25) is 0 Å². The first-order valence-corrected chi connectivity index (χ1v) is 5.20. The Labute approximate surface area is 93.1 Å². The second-order valence-electron chi connectivity index (χ2n) is 3.89. The van der Waals surface area contributed by atoms with Crippen molar-refractivity contribution in [1.29, 1.82) is 0 Å². The molecule has 0 aliphatic rings. The summed E-state index contributed by atoms with van der Waals surface area (Å²) in [6.07, 6.45) is 7.67. The molecular weight excluding hydrogens is 200 g/mol. The lowest BCUT2D eigenvalue weighted by Gasteiger charge is -2.02. The maximum absolute atomic E-state index is 4.44. The highest BCUT2D eigenvalue weighted by atomic mass is 15.3. The van der Waals surface area contributed by atoms with Gasteiger partial charge in [-0.1, -0.05) is 0 Å². The topological polar surface area (TPSA) is 35.6 Å². The number of rotatable bonds is 2. The van der Waals surface area contributed by atoms with Crippen molar-refractivity contribution in [3.05, 3.63) is 48.5 Å². The van der Waals surface area contributed by atoms with E-state index in [9.17, 15) is 0 Å². The molecule has 0 fully saturated rings. The van der Waals surface area contributed by atoms with Gasteiger partial charge in [0, 0.05) is 37.2 Å². The summed E-state index contributed by atoms with van der Waals surface area (Å²) in [5.41, 5.74) is 2.19. The van der Waals surface area contributed by atoms with Gasteiger partial charge in [0.25, 0.3) is 0 Å². The lowest BCUT2D eigenvalue weighted by molar-refractivity contribution is 0.685. The molecule has 16 heavy (non-hydrogen) atoms. The highest BCUT2D eigenvalue weighted by Gasteiger charge is 2.01. The molecule has 0 amide bonds. The van der Waals surface area contributed by atoms with Crippen LogP contribution in [0.3, 0.4) is 0 Å². The molecule has 0 aliphatic carbocycles. The van der Waals surface area contributed by atoms with Crippen LogP contribution in [0.15, 0.2) is 43.0 Å². The van der Waals surface area contributed by atoms with Crippen LogP contribution in [0.5, 0.6) is 0 Å². The standard InChI is InChI=1S/C12H12N4/c1-15-6-3-11-7-10(8-13-12(11)15)9-16-5-2-4-14-16/h2-8H,9H2,1H3. The Hall–Kier alpha value is -2.10. The van der Waals surface area contributed by atoms with Crippen LogP contribution in [-0.4, -0.2) is 19.3 Å². The molecule has 0 radical (unpaired) electrons. The van der Waals surface area contributed by atoms with Gasteiger partial charge in [-0.05, 0) is 23.8 Å². The van der Waals surface area contributed by atoms with Gasteiger partial charge < -0.3 is 4.57 Å². The van der Waals surface area contributed by atoms with E-state index in [0.717, 1.165) is 12.2 Å². The zero-order valence-electron chi connectivity index (χ0n) is 9.04. The summed E-state index contributed by atoms with van der Waals surface area (Å²) in [6.45, 7) is 0.769.